The summed E-state index contributed by atoms with van der Waals surface area (Å²) in [6.07, 6.45) is 4.00. The third-order valence-electron chi connectivity index (χ3n) is 5.69. The van der Waals surface area contributed by atoms with E-state index in [1.54, 1.807) is 10.9 Å². The molecule has 10 nitrogen and oxygen atoms in total. The van der Waals surface area contributed by atoms with Crippen molar-refractivity contribution in [2.45, 2.75) is 32.2 Å². The SMILES string of the molecule is Cc1nc2cc(-n3nnc4cnc(NC5CCC(C(N)=O)C5)nc43)ccc2n1C. The fourth-order valence-electron chi connectivity index (χ4n) is 3.97. The number of nitrogens with two attached hydrogens (primary N) is 1. The van der Waals surface area contributed by atoms with Crippen molar-refractivity contribution >= 4 is 34.1 Å². The predicted molar refractivity (Wildman–Crippen MR) is 107 cm³/mol. The highest BCUT2D eigenvalue weighted by Crippen LogP contribution is 2.27. The highest BCUT2D eigenvalue weighted by Gasteiger charge is 2.28. The van der Waals surface area contributed by atoms with Crippen molar-refractivity contribution in [3.63, 3.8) is 0 Å². The number of anilines is 1. The van der Waals surface area contributed by atoms with E-state index < -0.39 is 0 Å². The van der Waals surface area contributed by atoms with Crippen molar-refractivity contribution in [1.29, 1.82) is 0 Å². The minimum absolute atomic E-state index is 0.0861. The molecule has 3 aromatic heterocycles. The summed E-state index contributed by atoms with van der Waals surface area (Å²) < 4.78 is 3.73. The van der Waals surface area contributed by atoms with E-state index >= 15 is 0 Å². The van der Waals surface area contributed by atoms with Crippen LogP contribution in [-0.2, 0) is 11.8 Å². The normalized spacial score (nSPS) is 19.2. The van der Waals surface area contributed by atoms with Gasteiger partial charge in [-0.1, -0.05) is 5.21 Å². The van der Waals surface area contributed by atoms with E-state index in [0.29, 0.717) is 23.5 Å². The van der Waals surface area contributed by atoms with Gasteiger partial charge in [0.25, 0.3) is 0 Å². The summed E-state index contributed by atoms with van der Waals surface area (Å²) >= 11 is 0. The van der Waals surface area contributed by atoms with Gasteiger partial charge in [-0.05, 0) is 44.4 Å². The molecule has 1 aliphatic rings. The van der Waals surface area contributed by atoms with Gasteiger partial charge < -0.3 is 15.6 Å². The first-order chi connectivity index (χ1) is 14.0. The number of nitrogens with zero attached hydrogens (tertiary/aromatic N) is 7. The van der Waals surface area contributed by atoms with Crippen molar-refractivity contribution in [3.05, 3.63) is 30.2 Å². The number of benzene rings is 1. The van der Waals surface area contributed by atoms with Crippen LogP contribution in [0.4, 0.5) is 5.95 Å². The number of fused-ring (bicyclic) bond motifs is 2. The highest BCUT2D eigenvalue weighted by molar-refractivity contribution is 5.80. The third-order valence-corrected chi connectivity index (χ3v) is 5.69. The second-order valence-corrected chi connectivity index (χ2v) is 7.55. The van der Waals surface area contributed by atoms with Gasteiger partial charge in [-0.2, -0.15) is 9.67 Å². The molecule has 0 bridgehead atoms. The Balaban J connectivity index is 1.48. The average molecular weight is 391 g/mol. The molecule has 3 N–H and O–H groups in total. The quantitative estimate of drug-likeness (QED) is 0.539. The van der Waals surface area contributed by atoms with Crippen LogP contribution in [0.5, 0.6) is 0 Å². The molecule has 3 heterocycles. The molecule has 1 aliphatic carbocycles. The lowest BCUT2D eigenvalue weighted by atomic mass is 10.1. The molecule has 1 aromatic carbocycles. The number of carbonyl (C=O) groups excluding carboxylic acids is 1. The Morgan fingerprint density at radius 2 is 2.10 bits per heavy atom. The molecule has 10 heteroatoms. The van der Waals surface area contributed by atoms with E-state index in [1.807, 2.05) is 36.7 Å². The Hall–Kier alpha value is -3.56. The summed E-state index contributed by atoms with van der Waals surface area (Å²) in [7, 11) is 1.99. The van der Waals surface area contributed by atoms with Gasteiger partial charge in [-0.25, -0.2) is 9.97 Å². The topological polar surface area (TPSA) is 129 Å². The zero-order chi connectivity index (χ0) is 20.1. The Labute approximate surface area is 166 Å². The van der Waals surface area contributed by atoms with Gasteiger partial charge in [0.1, 0.15) is 5.82 Å². The number of hydrogen-bond acceptors (Lipinski definition) is 7. The maximum Gasteiger partial charge on any atom is 0.225 e. The minimum Gasteiger partial charge on any atom is -0.369 e. The molecular weight excluding hydrogens is 370 g/mol. The number of primary amides is 1. The van der Waals surface area contributed by atoms with Crippen molar-refractivity contribution < 1.29 is 4.79 Å². The number of amides is 1. The first-order valence-corrected chi connectivity index (χ1v) is 9.57. The van der Waals surface area contributed by atoms with Crippen molar-refractivity contribution in [3.8, 4) is 5.69 Å². The number of imidazole rings is 1. The van der Waals surface area contributed by atoms with Crippen LogP contribution >= 0.6 is 0 Å². The second kappa shape index (κ2) is 6.50. The predicted octanol–water partition coefficient (Wildman–Crippen LogP) is 1.47. The number of nitrogens with one attached hydrogen (secondary N) is 1. The molecule has 1 saturated carbocycles. The van der Waals surface area contributed by atoms with Gasteiger partial charge in [0.05, 0.1) is 22.9 Å². The van der Waals surface area contributed by atoms with Crippen molar-refractivity contribution in [2.75, 3.05) is 5.32 Å². The van der Waals surface area contributed by atoms with Crippen molar-refractivity contribution in [2.24, 2.45) is 18.7 Å². The molecule has 0 radical (unpaired) electrons. The maximum atomic E-state index is 11.4. The highest BCUT2D eigenvalue weighted by atomic mass is 16.1. The van der Waals surface area contributed by atoms with E-state index in [-0.39, 0.29) is 17.9 Å². The average Bonchev–Trinajstić information content (AvgIpc) is 3.40. The van der Waals surface area contributed by atoms with E-state index in [9.17, 15) is 4.79 Å². The lowest BCUT2D eigenvalue weighted by Crippen LogP contribution is -2.23. The fraction of sp³-hybridized carbons (Fsp3) is 0.368. The zero-order valence-electron chi connectivity index (χ0n) is 16.2. The maximum absolute atomic E-state index is 11.4. The summed E-state index contributed by atoms with van der Waals surface area (Å²) in [4.78, 5) is 24.9. The van der Waals surface area contributed by atoms with Gasteiger partial charge in [0, 0.05) is 19.0 Å². The molecule has 2 atom stereocenters. The second-order valence-electron chi connectivity index (χ2n) is 7.55. The molecule has 0 spiro atoms. The largest absolute Gasteiger partial charge is 0.369 e. The number of aromatic nitrogens is 7. The molecule has 29 heavy (non-hydrogen) atoms. The zero-order valence-corrected chi connectivity index (χ0v) is 16.2. The van der Waals surface area contributed by atoms with Gasteiger partial charge in [-0.15, -0.1) is 5.10 Å². The summed E-state index contributed by atoms with van der Waals surface area (Å²) in [6.45, 7) is 1.97. The van der Waals surface area contributed by atoms with Gasteiger partial charge in [0.2, 0.25) is 11.9 Å². The van der Waals surface area contributed by atoms with Crippen LogP contribution < -0.4 is 11.1 Å². The monoisotopic (exact) mass is 391 g/mol. The molecule has 4 aromatic rings. The minimum atomic E-state index is -0.243. The standard InChI is InChI=1S/C19H21N9O/c1-10-22-14-8-13(5-6-16(14)27(10)2)28-18-15(25-26-28)9-21-19(24-18)23-12-4-3-11(7-12)17(20)29/h5-6,8-9,11-12H,3-4,7H2,1-2H3,(H2,20,29)(H,21,23,24). The van der Waals surface area contributed by atoms with Crippen LogP contribution in [-0.4, -0.2) is 46.5 Å². The molecular formula is C19H21N9O. The lowest BCUT2D eigenvalue weighted by Gasteiger charge is -2.12. The van der Waals surface area contributed by atoms with E-state index in [1.165, 1.54) is 0 Å². The fourth-order valence-corrected chi connectivity index (χ4v) is 3.97. The van der Waals surface area contributed by atoms with Crippen LogP contribution in [0.25, 0.3) is 27.9 Å². The Morgan fingerprint density at radius 3 is 2.90 bits per heavy atom. The number of hydrogen-bond donors (Lipinski definition) is 2. The van der Waals surface area contributed by atoms with Crippen LogP contribution in [0.2, 0.25) is 0 Å². The van der Waals surface area contributed by atoms with Crippen molar-refractivity contribution in [1.82, 2.24) is 34.5 Å². The van der Waals surface area contributed by atoms with Gasteiger partial charge >= 0.3 is 0 Å². The van der Waals surface area contributed by atoms with Crippen LogP contribution in [0.3, 0.4) is 0 Å². The molecule has 1 fully saturated rings. The van der Waals surface area contributed by atoms with Crippen LogP contribution in [0.15, 0.2) is 24.4 Å². The van der Waals surface area contributed by atoms with Crippen LogP contribution in [0.1, 0.15) is 25.1 Å². The smallest absolute Gasteiger partial charge is 0.225 e. The van der Waals surface area contributed by atoms with Gasteiger partial charge in [0.15, 0.2) is 11.2 Å². The molecule has 0 aliphatic heterocycles. The molecule has 2 unspecified atom stereocenters. The Bertz CT molecular complexity index is 1240. The summed E-state index contributed by atoms with van der Waals surface area (Å²) in [6, 6.07) is 6.09. The number of carbonyl (C=O) groups is 1. The van der Waals surface area contributed by atoms with Crippen LogP contribution in [0, 0.1) is 12.8 Å². The Morgan fingerprint density at radius 1 is 1.24 bits per heavy atom. The van der Waals surface area contributed by atoms with E-state index in [0.717, 1.165) is 35.4 Å². The van der Waals surface area contributed by atoms with Gasteiger partial charge in [-0.3, -0.25) is 4.79 Å². The first kappa shape index (κ1) is 17.5. The lowest BCUT2D eigenvalue weighted by molar-refractivity contribution is -0.121. The number of rotatable bonds is 4. The molecule has 5 rings (SSSR count). The first-order valence-electron chi connectivity index (χ1n) is 9.57. The molecule has 148 valence electrons. The van der Waals surface area contributed by atoms with E-state index in [4.69, 9.17) is 5.73 Å². The summed E-state index contributed by atoms with van der Waals surface area (Å²) in [5, 5.41) is 11.7. The summed E-state index contributed by atoms with van der Waals surface area (Å²) in [5.74, 6) is 1.11. The number of aryl methyl sites for hydroxylation is 2. The molecule has 0 saturated heterocycles. The Kier molecular flexibility index (Phi) is 3.93. The summed E-state index contributed by atoms with van der Waals surface area (Å²) in [5.41, 5.74) is 9.42. The molecule has 1 amide bonds. The van der Waals surface area contributed by atoms with E-state index in [2.05, 4.69) is 30.6 Å². The third kappa shape index (κ3) is 2.96.